The van der Waals surface area contributed by atoms with Crippen molar-refractivity contribution in [2.24, 2.45) is 0 Å². The normalized spacial score (nSPS) is 51.0. The van der Waals surface area contributed by atoms with Gasteiger partial charge in [0.1, 0.15) is 99.2 Å². The van der Waals surface area contributed by atoms with Gasteiger partial charge >= 0.3 is 0 Å². The monoisotopic (exact) mass is 684 g/mol. The Morgan fingerprint density at radius 2 is 0.848 bits per heavy atom. The largest absolute Gasteiger partial charge is 0.412 e. The van der Waals surface area contributed by atoms with Crippen molar-refractivity contribution in [2.75, 3.05) is 46.2 Å². The SMILES string of the molecule is O.OC[C@H]1O[C@@](CO)(OC[C@@]2(OC[C@@]3(O[C@H]4O[C@H](CO)[C@@H](O)[C@H](O)[C@H]4O)O[C@H](CO)[C@@H](O)[C@@H]3O)O[C@H](CO)[C@@H](O)[C@@H]2O)[C@@H](O)[C@@H]1O. The molecule has 4 saturated heterocycles. The topological polar surface area (TPSA) is 379 Å². The van der Waals surface area contributed by atoms with Gasteiger partial charge in [0.2, 0.25) is 17.4 Å². The molecule has 4 fully saturated rings. The summed E-state index contributed by atoms with van der Waals surface area (Å²) in [4.78, 5) is 0. The zero-order valence-electron chi connectivity index (χ0n) is 24.2. The zero-order valence-corrected chi connectivity index (χ0v) is 24.2. The summed E-state index contributed by atoms with van der Waals surface area (Å²) in [6.45, 7) is -6.84. The fraction of sp³-hybridized carbons (Fsp3) is 1.00. The summed E-state index contributed by atoms with van der Waals surface area (Å²) in [5, 5.41) is 143. The van der Waals surface area contributed by atoms with Gasteiger partial charge in [-0.1, -0.05) is 0 Å². The van der Waals surface area contributed by atoms with E-state index in [2.05, 4.69) is 0 Å². The molecule has 17 atom stereocenters. The highest BCUT2D eigenvalue weighted by molar-refractivity contribution is 5.03. The van der Waals surface area contributed by atoms with Crippen LogP contribution < -0.4 is 0 Å². The average Bonchev–Trinajstić information content (AvgIpc) is 3.55. The highest BCUT2D eigenvalue weighted by Crippen LogP contribution is 2.41. The maximum atomic E-state index is 11.0. The van der Waals surface area contributed by atoms with Gasteiger partial charge in [-0.05, 0) is 0 Å². The van der Waals surface area contributed by atoms with E-state index in [1.807, 2.05) is 0 Å². The maximum Gasteiger partial charge on any atom is 0.224 e. The van der Waals surface area contributed by atoms with Crippen LogP contribution in [0.1, 0.15) is 0 Å². The summed E-state index contributed by atoms with van der Waals surface area (Å²) in [7, 11) is 0. The van der Waals surface area contributed by atoms with Crippen LogP contribution in [0.2, 0.25) is 0 Å². The van der Waals surface area contributed by atoms with Gasteiger partial charge in [-0.3, -0.25) is 0 Å². The zero-order chi connectivity index (χ0) is 33.5. The molecule has 0 unspecified atom stereocenters. The summed E-state index contributed by atoms with van der Waals surface area (Å²) in [5.41, 5.74) is 0. The second kappa shape index (κ2) is 15.3. The lowest BCUT2D eigenvalue weighted by Gasteiger charge is -2.44. The van der Waals surface area contributed by atoms with E-state index >= 15 is 0 Å². The molecule has 4 aliphatic rings. The first-order chi connectivity index (χ1) is 21.2. The second-order valence-electron chi connectivity index (χ2n) is 11.3. The minimum Gasteiger partial charge on any atom is -0.412 e. The molecule has 22 heteroatoms. The van der Waals surface area contributed by atoms with Crippen LogP contribution in [0.4, 0.5) is 0 Å². The van der Waals surface area contributed by atoms with Crippen LogP contribution in [0.5, 0.6) is 0 Å². The van der Waals surface area contributed by atoms with Crippen molar-refractivity contribution in [2.45, 2.75) is 103 Å². The van der Waals surface area contributed by atoms with Crippen LogP contribution >= 0.6 is 0 Å². The molecule has 272 valence electrons. The standard InChI is InChI=1S/C24H42O21.H2O/c25-1-8-12(30)16(34)17(35)21(41-8)45-24(20(38)15(33)11(4-28)44-24)7-40-23(19(37)14(32)10(3-27)43-23)6-39-22(5-29)18(36)13(31)9(2-26)42-22;/h8-21,25-38H,1-7H2;1H2/t8-,9-,10-,11-,12-,13-,14-,15-,16+,17-,18+,19+,20+,21-,22-,23-,24+;/m1./s1. The van der Waals surface area contributed by atoms with E-state index in [-0.39, 0.29) is 5.48 Å². The fourth-order valence-electron chi connectivity index (χ4n) is 5.65. The molecular formula is C24H44O22. The summed E-state index contributed by atoms with van der Waals surface area (Å²) in [6.07, 6.45) is -25.6. The molecule has 0 spiro atoms. The Morgan fingerprint density at radius 1 is 0.457 bits per heavy atom. The molecule has 0 aromatic heterocycles. The first-order valence-corrected chi connectivity index (χ1v) is 14.0. The highest BCUT2D eigenvalue weighted by Gasteiger charge is 2.64. The molecule has 4 heterocycles. The van der Waals surface area contributed by atoms with Crippen molar-refractivity contribution < 1.29 is 110 Å². The molecule has 0 aromatic carbocycles. The highest BCUT2D eigenvalue weighted by atomic mass is 16.8. The van der Waals surface area contributed by atoms with E-state index in [0.717, 1.165) is 0 Å². The number of aliphatic hydroxyl groups is 14. The number of rotatable bonds is 13. The van der Waals surface area contributed by atoms with Gasteiger partial charge in [0.15, 0.2) is 6.29 Å². The Labute approximate surface area is 260 Å². The summed E-state index contributed by atoms with van der Waals surface area (Å²) >= 11 is 0. The first kappa shape index (κ1) is 39.6. The summed E-state index contributed by atoms with van der Waals surface area (Å²) in [6, 6.07) is 0. The van der Waals surface area contributed by atoms with Gasteiger partial charge in [0.25, 0.3) is 0 Å². The molecule has 4 rings (SSSR count). The molecule has 0 bridgehead atoms. The van der Waals surface area contributed by atoms with E-state index in [0.29, 0.717) is 0 Å². The van der Waals surface area contributed by atoms with Crippen LogP contribution in [0.15, 0.2) is 0 Å². The Hall–Kier alpha value is -0.880. The Balaban J connectivity index is 0.00000576. The first-order valence-electron chi connectivity index (χ1n) is 14.0. The minimum absolute atomic E-state index is 0. The van der Waals surface area contributed by atoms with E-state index in [9.17, 15) is 71.5 Å². The van der Waals surface area contributed by atoms with Gasteiger partial charge in [0.05, 0.1) is 26.4 Å². The minimum atomic E-state index is -2.67. The third-order valence-electron chi connectivity index (χ3n) is 8.48. The average molecular weight is 685 g/mol. The Bertz CT molecular complexity index is 963. The number of ether oxygens (including phenoxy) is 7. The molecule has 0 radical (unpaired) electrons. The molecule has 0 aromatic rings. The van der Waals surface area contributed by atoms with Gasteiger partial charge in [-0.25, -0.2) is 0 Å². The van der Waals surface area contributed by atoms with Crippen molar-refractivity contribution in [1.82, 2.24) is 0 Å². The lowest BCUT2D eigenvalue weighted by atomic mass is 9.99. The molecule has 46 heavy (non-hydrogen) atoms. The second-order valence-corrected chi connectivity index (χ2v) is 11.3. The van der Waals surface area contributed by atoms with Crippen LogP contribution in [-0.4, -0.2) is 226 Å². The predicted molar refractivity (Wildman–Crippen MR) is 138 cm³/mol. The van der Waals surface area contributed by atoms with Gasteiger partial charge in [-0.2, -0.15) is 0 Å². The molecule has 16 N–H and O–H groups in total. The van der Waals surface area contributed by atoms with Gasteiger partial charge in [-0.15, -0.1) is 0 Å². The van der Waals surface area contributed by atoms with Crippen LogP contribution in [0.25, 0.3) is 0 Å². The smallest absolute Gasteiger partial charge is 0.224 e. The Kier molecular flexibility index (Phi) is 13.2. The Morgan fingerprint density at radius 3 is 1.30 bits per heavy atom. The number of hydrogen-bond donors (Lipinski definition) is 14. The van der Waals surface area contributed by atoms with Crippen molar-refractivity contribution >= 4 is 0 Å². The van der Waals surface area contributed by atoms with Gasteiger partial charge < -0.3 is 110 Å². The lowest BCUT2D eigenvalue weighted by molar-refractivity contribution is -0.404. The molecular weight excluding hydrogens is 640 g/mol. The van der Waals surface area contributed by atoms with E-state index in [1.165, 1.54) is 0 Å². The van der Waals surface area contributed by atoms with Gasteiger partial charge in [0, 0.05) is 0 Å². The maximum absolute atomic E-state index is 11.0. The van der Waals surface area contributed by atoms with Crippen molar-refractivity contribution in [3.63, 3.8) is 0 Å². The molecule has 22 nitrogen and oxygen atoms in total. The third-order valence-corrected chi connectivity index (χ3v) is 8.48. The third kappa shape index (κ3) is 6.79. The molecule has 0 saturated carbocycles. The van der Waals surface area contributed by atoms with E-state index in [4.69, 9.17) is 33.2 Å². The fourth-order valence-corrected chi connectivity index (χ4v) is 5.65. The van der Waals surface area contributed by atoms with Crippen LogP contribution in [0.3, 0.4) is 0 Å². The van der Waals surface area contributed by atoms with Crippen LogP contribution in [0, 0.1) is 0 Å². The number of aliphatic hydroxyl groups excluding tert-OH is 14. The molecule has 0 aliphatic carbocycles. The predicted octanol–water partition coefficient (Wildman–Crippen LogP) is -10.6. The van der Waals surface area contributed by atoms with Crippen molar-refractivity contribution in [3.05, 3.63) is 0 Å². The summed E-state index contributed by atoms with van der Waals surface area (Å²) in [5.74, 6) is -7.73. The van der Waals surface area contributed by atoms with E-state index < -0.39 is 149 Å². The summed E-state index contributed by atoms with van der Waals surface area (Å²) < 4.78 is 38.7. The number of hydrogen-bond acceptors (Lipinski definition) is 21. The van der Waals surface area contributed by atoms with Crippen molar-refractivity contribution in [1.29, 1.82) is 0 Å². The quantitative estimate of drug-likeness (QED) is 0.0856. The lowest BCUT2D eigenvalue weighted by Crippen LogP contribution is -2.63. The van der Waals surface area contributed by atoms with E-state index in [1.54, 1.807) is 0 Å². The molecule has 0 amide bonds. The van der Waals surface area contributed by atoms with Crippen molar-refractivity contribution in [3.8, 4) is 0 Å². The molecule has 4 aliphatic heterocycles. The van der Waals surface area contributed by atoms with Crippen LogP contribution in [-0.2, 0) is 33.2 Å².